The van der Waals surface area contributed by atoms with Crippen LogP contribution in [0.2, 0.25) is 5.02 Å². The van der Waals surface area contributed by atoms with Crippen molar-refractivity contribution in [3.05, 3.63) is 64.1 Å². The Hall–Kier alpha value is -2.62. The van der Waals surface area contributed by atoms with Crippen molar-refractivity contribution < 1.29 is 14.6 Å². The molecule has 1 aromatic heterocycles. The normalized spacial score (nSPS) is 18.3. The molecule has 5 rings (SSSR count). The van der Waals surface area contributed by atoms with E-state index in [0.717, 1.165) is 34.8 Å². The fraction of sp³-hybridized carbons (Fsp3) is 0.273. The van der Waals surface area contributed by atoms with Crippen LogP contribution in [0.4, 0.5) is 16.5 Å². The number of halogens is 1. The van der Waals surface area contributed by atoms with Gasteiger partial charge in [-0.25, -0.2) is 13.4 Å². The molecule has 3 aromatic rings. The molecule has 0 radical (unpaired) electrons. The molecule has 10 heteroatoms. The predicted molar refractivity (Wildman–Crippen MR) is 129 cm³/mol. The summed E-state index contributed by atoms with van der Waals surface area (Å²) in [6.07, 6.45) is 3.07. The number of carbonyl (C=O) groups excluding carboxylic acids is 1. The summed E-state index contributed by atoms with van der Waals surface area (Å²) in [6, 6.07) is 10.2. The molecule has 0 aliphatic carbocycles. The number of anilines is 3. The lowest BCUT2D eigenvalue weighted by Crippen LogP contribution is -2.41. The van der Waals surface area contributed by atoms with Crippen LogP contribution in [0.1, 0.15) is 19.0 Å². The summed E-state index contributed by atoms with van der Waals surface area (Å²) in [5.74, 6) is 0.0195. The highest BCUT2D eigenvalue weighted by atomic mass is 35.5. The van der Waals surface area contributed by atoms with Gasteiger partial charge < -0.3 is 9.80 Å². The fourth-order valence-corrected chi connectivity index (χ4v) is 6.42. The number of rotatable bonds is 5. The van der Waals surface area contributed by atoms with Crippen LogP contribution < -0.4 is 14.5 Å². The summed E-state index contributed by atoms with van der Waals surface area (Å²) < 4.78 is 27.6. The van der Waals surface area contributed by atoms with Gasteiger partial charge in [-0.15, -0.1) is 11.3 Å². The van der Waals surface area contributed by atoms with Crippen molar-refractivity contribution in [3.63, 3.8) is 0 Å². The van der Waals surface area contributed by atoms with Crippen LogP contribution in [0, 0.1) is 6.92 Å². The van der Waals surface area contributed by atoms with Crippen LogP contribution >= 0.6 is 22.9 Å². The highest BCUT2D eigenvalue weighted by Gasteiger charge is 2.39. The number of benzene rings is 2. The van der Waals surface area contributed by atoms with E-state index in [1.165, 1.54) is 29.7 Å². The smallest absolute Gasteiger partial charge is 0.263 e. The molecule has 1 saturated heterocycles. The number of hydrogen-bond acceptors (Lipinski definition) is 6. The molecule has 2 aliphatic heterocycles. The van der Waals surface area contributed by atoms with E-state index in [1.807, 2.05) is 13.0 Å². The van der Waals surface area contributed by atoms with Crippen LogP contribution in [0.25, 0.3) is 0 Å². The average molecular weight is 491 g/mol. The van der Waals surface area contributed by atoms with E-state index in [2.05, 4.69) is 20.7 Å². The standard InChI is InChI=1S/C22H21ClN4O3S2.H2/c1-14-2-7-18-17(20(14)23)8-11-27(18)19-9-12-26(21(19)28)15-3-5-16(6-4-15)32(29,30)25-22-24-10-13-31-22;/h2-7,10,13,19H,8-9,11-12H2,1H3,(H,24,25);1H/t19-;/m0./s1. The van der Waals surface area contributed by atoms with E-state index in [0.29, 0.717) is 23.8 Å². The van der Waals surface area contributed by atoms with Crippen molar-refractivity contribution in [2.75, 3.05) is 27.6 Å². The molecule has 0 saturated carbocycles. The second-order valence-electron chi connectivity index (χ2n) is 7.87. The van der Waals surface area contributed by atoms with Gasteiger partial charge in [-0.2, -0.15) is 0 Å². The third kappa shape index (κ3) is 3.64. The number of carbonyl (C=O) groups is 1. The summed E-state index contributed by atoms with van der Waals surface area (Å²) >= 11 is 7.70. The van der Waals surface area contributed by atoms with Crippen molar-refractivity contribution >= 4 is 55.4 Å². The highest BCUT2D eigenvalue weighted by Crippen LogP contribution is 2.39. The molecule has 0 bridgehead atoms. The summed E-state index contributed by atoms with van der Waals surface area (Å²) in [6.45, 7) is 3.34. The minimum absolute atomic E-state index is 0. The number of aryl methyl sites for hydroxylation is 1. The van der Waals surface area contributed by atoms with Crippen LogP contribution in [0.5, 0.6) is 0 Å². The summed E-state index contributed by atoms with van der Waals surface area (Å²) in [5.41, 5.74) is 3.88. The third-order valence-corrected chi connectivity index (χ3v) is 8.69. The molecule has 1 amide bonds. The Morgan fingerprint density at radius 2 is 1.97 bits per heavy atom. The lowest BCUT2D eigenvalue weighted by atomic mass is 10.1. The molecular formula is C22H23ClN4O3S2. The Morgan fingerprint density at radius 1 is 1.19 bits per heavy atom. The van der Waals surface area contributed by atoms with E-state index in [4.69, 9.17) is 11.6 Å². The first kappa shape index (κ1) is 21.2. The van der Waals surface area contributed by atoms with Gasteiger partial charge >= 0.3 is 0 Å². The number of sulfonamides is 1. The maximum atomic E-state index is 13.3. The van der Waals surface area contributed by atoms with Gasteiger partial charge in [0, 0.05) is 42.5 Å². The Kier molecular flexibility index (Phi) is 5.35. The summed E-state index contributed by atoms with van der Waals surface area (Å²) in [4.78, 5) is 21.2. The van der Waals surface area contributed by atoms with Crippen molar-refractivity contribution in [1.82, 2.24) is 4.98 Å². The largest absolute Gasteiger partial charge is 0.359 e. The molecule has 2 aromatic carbocycles. The van der Waals surface area contributed by atoms with E-state index in [9.17, 15) is 13.2 Å². The van der Waals surface area contributed by atoms with Gasteiger partial charge in [-0.1, -0.05) is 17.7 Å². The monoisotopic (exact) mass is 490 g/mol. The van der Waals surface area contributed by atoms with E-state index < -0.39 is 10.0 Å². The zero-order valence-electron chi connectivity index (χ0n) is 17.3. The van der Waals surface area contributed by atoms with Crippen LogP contribution in [-0.4, -0.2) is 38.4 Å². The molecule has 0 spiro atoms. The van der Waals surface area contributed by atoms with Crippen LogP contribution in [0.3, 0.4) is 0 Å². The zero-order valence-corrected chi connectivity index (χ0v) is 19.7. The molecule has 2 aliphatic rings. The molecule has 3 heterocycles. The predicted octanol–water partition coefficient (Wildman–Crippen LogP) is 4.32. The minimum atomic E-state index is -3.73. The Bertz CT molecular complexity index is 1280. The van der Waals surface area contributed by atoms with E-state index in [1.54, 1.807) is 22.4 Å². The first-order chi connectivity index (χ1) is 15.3. The van der Waals surface area contributed by atoms with Gasteiger partial charge in [-0.3, -0.25) is 9.52 Å². The van der Waals surface area contributed by atoms with Gasteiger partial charge in [0.25, 0.3) is 10.0 Å². The first-order valence-corrected chi connectivity index (χ1v) is 13.0. The molecule has 1 N–H and O–H groups in total. The molecule has 1 atom stereocenters. The highest BCUT2D eigenvalue weighted by molar-refractivity contribution is 7.93. The Labute approximate surface area is 197 Å². The number of nitrogens with zero attached hydrogens (tertiary/aromatic N) is 3. The van der Waals surface area contributed by atoms with Crippen molar-refractivity contribution in [3.8, 4) is 0 Å². The second-order valence-corrected chi connectivity index (χ2v) is 10.8. The summed E-state index contributed by atoms with van der Waals surface area (Å²) in [7, 11) is -3.73. The van der Waals surface area contributed by atoms with E-state index >= 15 is 0 Å². The lowest BCUT2D eigenvalue weighted by molar-refractivity contribution is -0.118. The van der Waals surface area contributed by atoms with Gasteiger partial charge in [0.2, 0.25) is 5.91 Å². The van der Waals surface area contributed by atoms with Gasteiger partial charge in [-0.05, 0) is 61.2 Å². The summed E-state index contributed by atoms with van der Waals surface area (Å²) in [5, 5.41) is 2.80. The topological polar surface area (TPSA) is 82.6 Å². The van der Waals surface area contributed by atoms with Crippen LogP contribution in [-0.2, 0) is 21.2 Å². The maximum absolute atomic E-state index is 13.3. The number of hydrogen-bond donors (Lipinski definition) is 1. The molecular weight excluding hydrogens is 468 g/mol. The molecule has 168 valence electrons. The number of amides is 1. The van der Waals surface area contributed by atoms with Gasteiger partial charge in [0.1, 0.15) is 6.04 Å². The van der Waals surface area contributed by atoms with Gasteiger partial charge in [0.05, 0.1) is 4.90 Å². The number of thiazole rings is 1. The van der Waals surface area contributed by atoms with Gasteiger partial charge in [0.15, 0.2) is 5.13 Å². The first-order valence-electron chi connectivity index (χ1n) is 10.2. The number of fused-ring (bicyclic) bond motifs is 1. The average Bonchev–Trinajstić information content (AvgIpc) is 3.51. The molecule has 1 fully saturated rings. The molecule has 7 nitrogen and oxygen atoms in total. The Morgan fingerprint density at radius 3 is 2.69 bits per heavy atom. The zero-order chi connectivity index (χ0) is 22.5. The number of aromatic nitrogens is 1. The lowest BCUT2D eigenvalue weighted by Gasteiger charge is -2.26. The Balaban J connectivity index is 0.00000259. The van der Waals surface area contributed by atoms with E-state index in [-0.39, 0.29) is 18.3 Å². The molecule has 0 unspecified atom stereocenters. The quantitative estimate of drug-likeness (QED) is 0.576. The fourth-order valence-electron chi connectivity index (χ4n) is 4.37. The SMILES string of the molecule is Cc1ccc2c(c1Cl)CCN2[C@H]1CCN(c2ccc(S(=O)(=O)Nc3nccs3)cc2)C1=O.[HH]. The third-order valence-electron chi connectivity index (χ3n) is 5.99. The van der Waals surface area contributed by atoms with Crippen molar-refractivity contribution in [2.45, 2.75) is 30.7 Å². The second kappa shape index (κ2) is 8.06. The minimum Gasteiger partial charge on any atom is -0.359 e. The van der Waals surface area contributed by atoms with Crippen molar-refractivity contribution in [2.24, 2.45) is 0 Å². The number of nitrogens with one attached hydrogen (secondary N) is 1. The molecule has 32 heavy (non-hydrogen) atoms. The van der Waals surface area contributed by atoms with Crippen LogP contribution in [0.15, 0.2) is 52.9 Å². The maximum Gasteiger partial charge on any atom is 0.263 e. The van der Waals surface area contributed by atoms with Crippen molar-refractivity contribution in [1.29, 1.82) is 0 Å².